The first kappa shape index (κ1) is 15.8. The first-order valence-electron chi connectivity index (χ1n) is 8.30. The molecule has 0 radical (unpaired) electrons. The Balaban J connectivity index is 1.73. The van der Waals surface area contributed by atoms with Crippen molar-refractivity contribution in [3.63, 3.8) is 0 Å². The predicted octanol–water partition coefficient (Wildman–Crippen LogP) is 3.70. The minimum absolute atomic E-state index is 0.142. The largest absolute Gasteiger partial charge is 0.308 e. The fourth-order valence-electron chi connectivity index (χ4n) is 3.39. The average molecular weight is 308 g/mol. The van der Waals surface area contributed by atoms with Gasteiger partial charge in [-0.25, -0.2) is 0 Å². The Morgan fingerprint density at radius 2 is 1.74 bits per heavy atom. The van der Waals surface area contributed by atoms with Gasteiger partial charge in [0.2, 0.25) is 5.91 Å². The zero-order valence-corrected chi connectivity index (χ0v) is 14.0. The molecule has 2 aromatic rings. The van der Waals surface area contributed by atoms with E-state index in [1.807, 2.05) is 48.2 Å². The third-order valence-electron chi connectivity index (χ3n) is 4.61. The number of rotatable bonds is 4. The maximum atomic E-state index is 12.9. The van der Waals surface area contributed by atoms with Gasteiger partial charge in [-0.3, -0.25) is 10.1 Å². The Kier molecular flexibility index (Phi) is 4.49. The first-order valence-corrected chi connectivity index (χ1v) is 8.30. The SMILES string of the molecule is C[C@H](N[C@@H](C)c1ccccc1)C(=O)N1c2ccccc2C[C@H]1C. The molecule has 3 atom stereocenters. The average Bonchev–Trinajstić information content (AvgIpc) is 2.90. The van der Waals surface area contributed by atoms with Crippen molar-refractivity contribution >= 4 is 11.6 Å². The van der Waals surface area contributed by atoms with Crippen LogP contribution in [0, 0.1) is 0 Å². The summed E-state index contributed by atoms with van der Waals surface area (Å²) in [4.78, 5) is 14.9. The van der Waals surface area contributed by atoms with Crippen LogP contribution in [-0.2, 0) is 11.2 Å². The van der Waals surface area contributed by atoms with Crippen LogP contribution >= 0.6 is 0 Å². The molecule has 120 valence electrons. The lowest BCUT2D eigenvalue weighted by Gasteiger charge is -2.28. The molecule has 1 aliphatic heterocycles. The van der Waals surface area contributed by atoms with Gasteiger partial charge in [-0.2, -0.15) is 0 Å². The van der Waals surface area contributed by atoms with Gasteiger partial charge in [0, 0.05) is 17.8 Å². The van der Waals surface area contributed by atoms with Crippen molar-refractivity contribution in [2.24, 2.45) is 0 Å². The molecule has 0 fully saturated rings. The number of fused-ring (bicyclic) bond motifs is 1. The highest BCUT2D eigenvalue weighted by atomic mass is 16.2. The Morgan fingerprint density at radius 3 is 2.48 bits per heavy atom. The molecule has 3 nitrogen and oxygen atoms in total. The summed E-state index contributed by atoms with van der Waals surface area (Å²) in [7, 11) is 0. The van der Waals surface area contributed by atoms with Gasteiger partial charge < -0.3 is 4.90 Å². The number of carbonyl (C=O) groups excluding carboxylic acids is 1. The van der Waals surface area contributed by atoms with Gasteiger partial charge in [-0.1, -0.05) is 48.5 Å². The quantitative estimate of drug-likeness (QED) is 0.934. The first-order chi connectivity index (χ1) is 11.1. The molecule has 1 aliphatic rings. The van der Waals surface area contributed by atoms with E-state index in [4.69, 9.17) is 0 Å². The lowest BCUT2D eigenvalue weighted by molar-refractivity contribution is -0.120. The number of nitrogens with one attached hydrogen (secondary N) is 1. The molecule has 1 amide bonds. The molecule has 0 spiro atoms. The molecular weight excluding hydrogens is 284 g/mol. The van der Waals surface area contributed by atoms with Gasteiger partial charge in [-0.05, 0) is 44.4 Å². The molecule has 23 heavy (non-hydrogen) atoms. The number of anilines is 1. The minimum Gasteiger partial charge on any atom is -0.308 e. The van der Waals surface area contributed by atoms with Crippen molar-refractivity contribution in [1.29, 1.82) is 0 Å². The van der Waals surface area contributed by atoms with E-state index in [-0.39, 0.29) is 24.0 Å². The molecule has 0 saturated heterocycles. The molecule has 2 aromatic carbocycles. The van der Waals surface area contributed by atoms with E-state index in [0.717, 1.165) is 12.1 Å². The molecule has 3 heteroatoms. The van der Waals surface area contributed by atoms with Crippen molar-refractivity contribution in [2.45, 2.75) is 45.3 Å². The van der Waals surface area contributed by atoms with Gasteiger partial charge in [0.25, 0.3) is 0 Å². The Labute approximate surface area is 138 Å². The number of nitrogens with zero attached hydrogens (tertiary/aromatic N) is 1. The fourth-order valence-corrected chi connectivity index (χ4v) is 3.39. The summed E-state index contributed by atoms with van der Waals surface area (Å²) >= 11 is 0. The van der Waals surface area contributed by atoms with Crippen LogP contribution in [0.1, 0.15) is 37.9 Å². The summed E-state index contributed by atoms with van der Waals surface area (Å²) in [5.74, 6) is 0.144. The Hall–Kier alpha value is -2.13. The maximum absolute atomic E-state index is 12.9. The highest BCUT2D eigenvalue weighted by molar-refractivity contribution is 5.99. The molecule has 0 bridgehead atoms. The normalized spacial score (nSPS) is 19.3. The topological polar surface area (TPSA) is 32.3 Å². The van der Waals surface area contributed by atoms with Crippen molar-refractivity contribution in [1.82, 2.24) is 5.32 Å². The molecule has 0 aromatic heterocycles. The maximum Gasteiger partial charge on any atom is 0.244 e. The van der Waals surface area contributed by atoms with Gasteiger partial charge >= 0.3 is 0 Å². The van der Waals surface area contributed by atoms with E-state index in [0.29, 0.717) is 0 Å². The van der Waals surface area contributed by atoms with Crippen molar-refractivity contribution in [2.75, 3.05) is 4.90 Å². The fraction of sp³-hybridized carbons (Fsp3) is 0.350. The molecule has 1 N–H and O–H groups in total. The number of para-hydroxylation sites is 1. The molecule has 3 rings (SSSR count). The van der Waals surface area contributed by atoms with E-state index < -0.39 is 0 Å². The second kappa shape index (κ2) is 6.55. The predicted molar refractivity (Wildman–Crippen MR) is 94.5 cm³/mol. The number of carbonyl (C=O) groups is 1. The second-order valence-corrected chi connectivity index (χ2v) is 6.41. The Morgan fingerprint density at radius 1 is 1.09 bits per heavy atom. The lowest BCUT2D eigenvalue weighted by Crippen LogP contribution is -2.47. The zero-order valence-electron chi connectivity index (χ0n) is 14.0. The molecule has 0 aliphatic carbocycles. The molecule has 1 heterocycles. The lowest BCUT2D eigenvalue weighted by atomic mass is 10.1. The summed E-state index contributed by atoms with van der Waals surface area (Å²) in [5, 5.41) is 3.43. The van der Waals surface area contributed by atoms with E-state index in [9.17, 15) is 4.79 Å². The minimum atomic E-state index is -0.223. The number of hydrogen-bond acceptors (Lipinski definition) is 2. The van der Waals surface area contributed by atoms with Crippen LogP contribution in [0.3, 0.4) is 0 Å². The Bertz CT molecular complexity index is 683. The second-order valence-electron chi connectivity index (χ2n) is 6.41. The zero-order chi connectivity index (χ0) is 16.4. The number of amides is 1. The van der Waals surface area contributed by atoms with Crippen molar-refractivity contribution in [3.05, 3.63) is 65.7 Å². The number of benzene rings is 2. The molecular formula is C20H24N2O. The van der Waals surface area contributed by atoms with Gasteiger partial charge in [0.1, 0.15) is 0 Å². The third-order valence-corrected chi connectivity index (χ3v) is 4.61. The van der Waals surface area contributed by atoms with E-state index >= 15 is 0 Å². The van der Waals surface area contributed by atoms with Crippen molar-refractivity contribution in [3.8, 4) is 0 Å². The monoisotopic (exact) mass is 308 g/mol. The standard InChI is InChI=1S/C20H24N2O/c1-14-13-18-11-7-8-12-19(18)22(14)20(23)16(3)21-15(2)17-9-5-4-6-10-17/h4-12,14-16,21H,13H2,1-3H3/t14-,15+,16+/m1/s1. The van der Waals surface area contributed by atoms with Gasteiger partial charge in [0.15, 0.2) is 0 Å². The summed E-state index contributed by atoms with van der Waals surface area (Å²) in [6, 6.07) is 18.6. The summed E-state index contributed by atoms with van der Waals surface area (Å²) < 4.78 is 0. The number of hydrogen-bond donors (Lipinski definition) is 1. The van der Waals surface area contributed by atoms with Crippen LogP contribution in [0.2, 0.25) is 0 Å². The summed E-state index contributed by atoms with van der Waals surface area (Å²) in [6.45, 7) is 6.17. The van der Waals surface area contributed by atoms with Crippen LogP contribution in [-0.4, -0.2) is 18.0 Å². The highest BCUT2D eigenvalue weighted by Gasteiger charge is 2.33. The van der Waals surface area contributed by atoms with Crippen LogP contribution in [0.5, 0.6) is 0 Å². The van der Waals surface area contributed by atoms with Crippen LogP contribution < -0.4 is 10.2 Å². The third kappa shape index (κ3) is 3.15. The molecule has 0 saturated carbocycles. The van der Waals surface area contributed by atoms with Gasteiger partial charge in [-0.15, -0.1) is 0 Å². The van der Waals surface area contributed by atoms with E-state index in [2.05, 4.69) is 37.4 Å². The van der Waals surface area contributed by atoms with Crippen LogP contribution in [0.4, 0.5) is 5.69 Å². The molecule has 0 unspecified atom stereocenters. The van der Waals surface area contributed by atoms with Gasteiger partial charge in [0.05, 0.1) is 6.04 Å². The van der Waals surface area contributed by atoms with Crippen LogP contribution in [0.25, 0.3) is 0 Å². The summed E-state index contributed by atoms with van der Waals surface area (Å²) in [5.41, 5.74) is 3.52. The smallest absolute Gasteiger partial charge is 0.244 e. The van der Waals surface area contributed by atoms with Crippen LogP contribution in [0.15, 0.2) is 54.6 Å². The van der Waals surface area contributed by atoms with Crippen molar-refractivity contribution < 1.29 is 4.79 Å². The van der Waals surface area contributed by atoms with E-state index in [1.54, 1.807) is 0 Å². The summed E-state index contributed by atoms with van der Waals surface area (Å²) in [6.07, 6.45) is 0.933. The van der Waals surface area contributed by atoms with E-state index in [1.165, 1.54) is 11.1 Å². The highest BCUT2D eigenvalue weighted by Crippen LogP contribution is 2.32.